The van der Waals surface area contributed by atoms with E-state index in [1.165, 1.54) is 0 Å². The molecule has 92 valence electrons. The van der Waals surface area contributed by atoms with Gasteiger partial charge in [-0.25, -0.2) is 4.79 Å². The Labute approximate surface area is 100 Å². The maximum absolute atomic E-state index is 11.4. The number of unbranched alkanes of at least 4 members (excludes halogenated alkanes) is 1. The smallest absolute Gasteiger partial charge is 0.319 e. The maximum Gasteiger partial charge on any atom is 0.319 e. The van der Waals surface area contributed by atoms with Gasteiger partial charge in [-0.3, -0.25) is 4.79 Å². The average Bonchev–Trinajstić information content (AvgIpc) is 2.30. The van der Waals surface area contributed by atoms with Crippen molar-refractivity contribution in [2.45, 2.75) is 19.8 Å². The molecule has 0 heterocycles. The SMILES string of the molecule is CCCCNC(=O)Nc1ccc(C(N)=O)cc1. The first-order valence-corrected chi connectivity index (χ1v) is 5.58. The van der Waals surface area contributed by atoms with Gasteiger partial charge in [-0.2, -0.15) is 0 Å². The predicted molar refractivity (Wildman–Crippen MR) is 66.9 cm³/mol. The van der Waals surface area contributed by atoms with Gasteiger partial charge in [0.15, 0.2) is 0 Å². The summed E-state index contributed by atoms with van der Waals surface area (Å²) in [5.74, 6) is -0.482. The van der Waals surface area contributed by atoms with Crippen LogP contribution < -0.4 is 16.4 Å². The van der Waals surface area contributed by atoms with Crippen LogP contribution in [0.4, 0.5) is 10.5 Å². The highest BCUT2D eigenvalue weighted by atomic mass is 16.2. The number of primary amides is 1. The molecule has 1 aromatic rings. The Morgan fingerprint density at radius 1 is 1.24 bits per heavy atom. The first-order chi connectivity index (χ1) is 8.13. The van der Waals surface area contributed by atoms with Gasteiger partial charge in [0.1, 0.15) is 0 Å². The van der Waals surface area contributed by atoms with E-state index in [2.05, 4.69) is 17.6 Å². The molecule has 1 aromatic carbocycles. The summed E-state index contributed by atoms with van der Waals surface area (Å²) >= 11 is 0. The summed E-state index contributed by atoms with van der Waals surface area (Å²) < 4.78 is 0. The summed E-state index contributed by atoms with van der Waals surface area (Å²) in [4.78, 5) is 22.2. The Bertz CT molecular complexity index is 387. The highest BCUT2D eigenvalue weighted by Gasteiger charge is 2.02. The van der Waals surface area contributed by atoms with E-state index in [-0.39, 0.29) is 6.03 Å². The zero-order valence-corrected chi connectivity index (χ0v) is 9.82. The molecule has 0 aliphatic rings. The van der Waals surface area contributed by atoms with Gasteiger partial charge in [0.25, 0.3) is 0 Å². The third-order valence-corrected chi connectivity index (χ3v) is 2.24. The van der Waals surface area contributed by atoms with Gasteiger partial charge in [-0.15, -0.1) is 0 Å². The Morgan fingerprint density at radius 2 is 1.88 bits per heavy atom. The number of nitrogens with two attached hydrogens (primary N) is 1. The number of hydrogen-bond donors (Lipinski definition) is 3. The quantitative estimate of drug-likeness (QED) is 0.679. The van der Waals surface area contributed by atoms with Crippen LogP contribution in [0.5, 0.6) is 0 Å². The molecule has 0 fully saturated rings. The second kappa shape index (κ2) is 6.52. The molecule has 0 spiro atoms. The molecule has 0 saturated carbocycles. The van der Waals surface area contributed by atoms with E-state index in [0.717, 1.165) is 12.8 Å². The van der Waals surface area contributed by atoms with Crippen molar-refractivity contribution < 1.29 is 9.59 Å². The first-order valence-electron chi connectivity index (χ1n) is 5.58. The summed E-state index contributed by atoms with van der Waals surface area (Å²) in [5, 5.41) is 5.39. The van der Waals surface area contributed by atoms with Gasteiger partial charge in [0, 0.05) is 17.8 Å². The van der Waals surface area contributed by atoms with Crippen LogP contribution in [0.3, 0.4) is 0 Å². The normalized spacial score (nSPS) is 9.71. The molecule has 0 aliphatic carbocycles. The fourth-order valence-electron chi connectivity index (χ4n) is 1.27. The van der Waals surface area contributed by atoms with Gasteiger partial charge >= 0.3 is 6.03 Å². The average molecular weight is 235 g/mol. The molecule has 17 heavy (non-hydrogen) atoms. The highest BCUT2D eigenvalue weighted by molar-refractivity contribution is 5.94. The summed E-state index contributed by atoms with van der Waals surface area (Å²) in [6.45, 7) is 2.71. The van der Waals surface area contributed by atoms with Crippen LogP contribution in [0.15, 0.2) is 24.3 Å². The second-order valence-corrected chi connectivity index (χ2v) is 3.68. The lowest BCUT2D eigenvalue weighted by molar-refractivity contribution is 0.100. The standard InChI is InChI=1S/C12H17N3O2/c1-2-3-8-14-12(17)15-10-6-4-9(5-7-10)11(13)16/h4-7H,2-3,8H2,1H3,(H2,13,16)(H2,14,15,17). The molecule has 3 amide bonds. The van der Waals surface area contributed by atoms with E-state index < -0.39 is 5.91 Å². The van der Waals surface area contributed by atoms with Gasteiger partial charge < -0.3 is 16.4 Å². The van der Waals surface area contributed by atoms with Crippen molar-refractivity contribution in [3.63, 3.8) is 0 Å². The summed E-state index contributed by atoms with van der Waals surface area (Å²) in [6.07, 6.45) is 1.99. The zero-order valence-electron chi connectivity index (χ0n) is 9.82. The molecule has 0 radical (unpaired) electrons. The third kappa shape index (κ3) is 4.55. The Balaban J connectivity index is 2.46. The Kier molecular flexibility index (Phi) is 5.00. The lowest BCUT2D eigenvalue weighted by atomic mass is 10.2. The van der Waals surface area contributed by atoms with Crippen molar-refractivity contribution >= 4 is 17.6 Å². The molecule has 5 nitrogen and oxygen atoms in total. The van der Waals surface area contributed by atoms with Gasteiger partial charge in [-0.1, -0.05) is 13.3 Å². The number of amides is 3. The first kappa shape index (κ1) is 13.0. The van der Waals surface area contributed by atoms with Gasteiger partial charge in [0.05, 0.1) is 0 Å². The van der Waals surface area contributed by atoms with Crippen LogP contribution in [0.25, 0.3) is 0 Å². The number of carbonyl (C=O) groups is 2. The van der Waals surface area contributed by atoms with E-state index in [1.54, 1.807) is 24.3 Å². The van der Waals surface area contributed by atoms with Crippen LogP contribution in [0.1, 0.15) is 30.1 Å². The molecular weight excluding hydrogens is 218 g/mol. The third-order valence-electron chi connectivity index (χ3n) is 2.24. The molecule has 4 N–H and O–H groups in total. The molecule has 0 unspecified atom stereocenters. The van der Waals surface area contributed by atoms with Crippen LogP contribution in [0, 0.1) is 0 Å². The van der Waals surface area contributed by atoms with Crippen LogP contribution >= 0.6 is 0 Å². The predicted octanol–water partition coefficient (Wildman–Crippen LogP) is 1.71. The van der Waals surface area contributed by atoms with Gasteiger partial charge in [-0.05, 0) is 30.7 Å². The molecule has 0 atom stereocenters. The Hall–Kier alpha value is -2.04. The minimum Gasteiger partial charge on any atom is -0.366 e. The van der Waals surface area contributed by atoms with Crippen molar-refractivity contribution in [3.8, 4) is 0 Å². The van der Waals surface area contributed by atoms with Crippen molar-refractivity contribution in [2.24, 2.45) is 5.73 Å². The van der Waals surface area contributed by atoms with E-state index in [0.29, 0.717) is 17.8 Å². The minimum atomic E-state index is -0.482. The summed E-state index contributed by atoms with van der Waals surface area (Å²) in [6, 6.07) is 6.18. The number of benzene rings is 1. The van der Waals surface area contributed by atoms with E-state index in [4.69, 9.17) is 5.73 Å². The fourth-order valence-corrected chi connectivity index (χ4v) is 1.27. The largest absolute Gasteiger partial charge is 0.366 e. The monoisotopic (exact) mass is 235 g/mol. The number of anilines is 1. The summed E-state index contributed by atoms with van der Waals surface area (Å²) in [7, 11) is 0. The van der Waals surface area contributed by atoms with Crippen LogP contribution in [-0.4, -0.2) is 18.5 Å². The molecular formula is C12H17N3O2. The van der Waals surface area contributed by atoms with Crippen LogP contribution in [0.2, 0.25) is 0 Å². The lowest BCUT2D eigenvalue weighted by Crippen LogP contribution is -2.29. The van der Waals surface area contributed by atoms with Crippen molar-refractivity contribution in [2.75, 3.05) is 11.9 Å². The zero-order chi connectivity index (χ0) is 12.7. The number of nitrogens with one attached hydrogen (secondary N) is 2. The second-order valence-electron chi connectivity index (χ2n) is 3.68. The molecule has 1 rings (SSSR count). The van der Waals surface area contributed by atoms with E-state index in [1.807, 2.05) is 0 Å². The van der Waals surface area contributed by atoms with Crippen molar-refractivity contribution in [1.29, 1.82) is 0 Å². The highest BCUT2D eigenvalue weighted by Crippen LogP contribution is 2.08. The van der Waals surface area contributed by atoms with Crippen molar-refractivity contribution in [1.82, 2.24) is 5.32 Å². The number of carbonyl (C=O) groups excluding carboxylic acids is 2. The Morgan fingerprint density at radius 3 is 2.41 bits per heavy atom. The van der Waals surface area contributed by atoms with Crippen LogP contribution in [-0.2, 0) is 0 Å². The number of hydrogen-bond acceptors (Lipinski definition) is 2. The minimum absolute atomic E-state index is 0.245. The molecule has 0 bridgehead atoms. The van der Waals surface area contributed by atoms with E-state index >= 15 is 0 Å². The number of urea groups is 1. The molecule has 0 aliphatic heterocycles. The molecule has 0 aromatic heterocycles. The summed E-state index contributed by atoms with van der Waals surface area (Å²) in [5.41, 5.74) is 6.15. The molecule has 0 saturated heterocycles. The molecule has 5 heteroatoms. The fraction of sp³-hybridized carbons (Fsp3) is 0.333. The lowest BCUT2D eigenvalue weighted by Gasteiger charge is -2.07. The van der Waals surface area contributed by atoms with Crippen molar-refractivity contribution in [3.05, 3.63) is 29.8 Å². The van der Waals surface area contributed by atoms with Gasteiger partial charge in [0.2, 0.25) is 5.91 Å². The topological polar surface area (TPSA) is 84.2 Å². The number of rotatable bonds is 5. The van der Waals surface area contributed by atoms with E-state index in [9.17, 15) is 9.59 Å². The maximum atomic E-state index is 11.4.